The number of hydrogen-bond acceptors (Lipinski definition) is 5. The summed E-state index contributed by atoms with van der Waals surface area (Å²) in [7, 11) is -2.65. The van der Waals surface area contributed by atoms with Gasteiger partial charge in [0.2, 0.25) is 0 Å². The van der Waals surface area contributed by atoms with Crippen LogP contribution in [-0.4, -0.2) is 41.3 Å². The monoisotopic (exact) mass is 355 g/mol. The molecule has 0 aromatic heterocycles. The predicted molar refractivity (Wildman–Crippen MR) is 94.7 cm³/mol. The largest absolute Gasteiger partial charge is 0.501 e. The van der Waals surface area contributed by atoms with Gasteiger partial charge in [0.25, 0.3) is 0 Å². The average Bonchev–Trinajstić information content (AvgIpc) is 2.59. The Morgan fingerprint density at radius 1 is 1.00 bits per heavy atom. The Balaban J connectivity index is 2.29. The van der Waals surface area contributed by atoms with Crippen LogP contribution in [0.1, 0.15) is 32.8 Å². The van der Waals surface area contributed by atoms with E-state index >= 15 is 0 Å². The summed E-state index contributed by atoms with van der Waals surface area (Å²) in [5, 5.41) is 2.73. The van der Waals surface area contributed by atoms with E-state index in [0.29, 0.717) is 45.4 Å². The number of ether oxygens (including phenoxy) is 1. The van der Waals surface area contributed by atoms with E-state index in [4.69, 9.17) is 18.0 Å². The van der Waals surface area contributed by atoms with Gasteiger partial charge >= 0.3 is 14.9 Å². The molecule has 0 heterocycles. The topological polar surface area (TPSA) is 66.0 Å². The van der Waals surface area contributed by atoms with Gasteiger partial charge in [-0.2, -0.15) is 0 Å². The molecule has 0 aliphatic carbocycles. The number of benzene rings is 1. The van der Waals surface area contributed by atoms with E-state index in [1.165, 1.54) is 0 Å². The minimum atomic E-state index is -2.65. The molecule has 0 aliphatic heterocycles. The maximum absolute atomic E-state index is 11.7. The van der Waals surface area contributed by atoms with E-state index in [-0.39, 0.29) is 0 Å². The quantitative estimate of drug-likeness (QED) is 0.460. The molecule has 24 heavy (non-hydrogen) atoms. The third kappa shape index (κ3) is 7.92. The van der Waals surface area contributed by atoms with Gasteiger partial charge in [0.15, 0.2) is 0 Å². The molecular formula is C17H29NO5Si. The van der Waals surface area contributed by atoms with Crippen LogP contribution in [0, 0.1) is 0 Å². The Kier molecular flexibility index (Phi) is 10.3. The van der Waals surface area contributed by atoms with Crippen molar-refractivity contribution in [3.63, 3.8) is 0 Å². The molecule has 1 amide bonds. The first-order valence-electron chi connectivity index (χ1n) is 8.52. The molecule has 7 heteroatoms. The van der Waals surface area contributed by atoms with Gasteiger partial charge in [0.1, 0.15) is 0 Å². The van der Waals surface area contributed by atoms with Crippen LogP contribution in [0.4, 0.5) is 4.79 Å². The number of hydrogen-bond donors (Lipinski definition) is 1. The maximum Gasteiger partial charge on any atom is 0.501 e. The Hall–Kier alpha value is -1.41. The Morgan fingerprint density at radius 3 is 2.12 bits per heavy atom. The molecule has 0 radical (unpaired) electrons. The van der Waals surface area contributed by atoms with Crippen molar-refractivity contribution in [1.29, 1.82) is 0 Å². The molecule has 1 aromatic carbocycles. The smallest absolute Gasteiger partial charge is 0.450 e. The Morgan fingerprint density at radius 2 is 1.58 bits per heavy atom. The summed E-state index contributed by atoms with van der Waals surface area (Å²) in [5.41, 5.74) is 1.03. The highest BCUT2D eigenvalue weighted by Gasteiger charge is 2.39. The maximum atomic E-state index is 11.7. The van der Waals surface area contributed by atoms with Crippen LogP contribution in [-0.2, 0) is 24.6 Å². The highest BCUT2D eigenvalue weighted by molar-refractivity contribution is 6.60. The first kappa shape index (κ1) is 20.6. The highest BCUT2D eigenvalue weighted by Crippen LogP contribution is 2.18. The van der Waals surface area contributed by atoms with Crippen molar-refractivity contribution in [3.05, 3.63) is 35.9 Å². The molecule has 1 N–H and O–H groups in total. The molecule has 1 rings (SSSR count). The van der Waals surface area contributed by atoms with E-state index in [2.05, 4.69) is 5.32 Å². The summed E-state index contributed by atoms with van der Waals surface area (Å²) in [6.07, 6.45) is 0.223. The van der Waals surface area contributed by atoms with Crippen molar-refractivity contribution in [1.82, 2.24) is 5.32 Å². The Labute approximate surface area is 145 Å². The number of alkyl carbamates (subject to hydrolysis) is 1. The van der Waals surface area contributed by atoms with Gasteiger partial charge in [-0.3, -0.25) is 0 Å². The molecule has 0 fully saturated rings. The third-order valence-electron chi connectivity index (χ3n) is 3.23. The lowest BCUT2D eigenvalue weighted by Crippen LogP contribution is -2.46. The fourth-order valence-corrected chi connectivity index (χ4v) is 4.86. The van der Waals surface area contributed by atoms with E-state index in [9.17, 15) is 4.79 Å². The lowest BCUT2D eigenvalue weighted by Gasteiger charge is -2.28. The first-order valence-corrected chi connectivity index (χ1v) is 10.4. The lowest BCUT2D eigenvalue weighted by atomic mass is 10.2. The standard InChI is InChI=1S/C17H29NO5Si/c1-4-21-24(22-5-2,23-6-3)14-10-13-20-17(19)18-15-16-11-8-7-9-12-16/h7-9,11-12H,4-6,10,13-15H2,1-3H3,(H,18,19). The summed E-state index contributed by atoms with van der Waals surface area (Å²) in [6, 6.07) is 10.3. The lowest BCUT2D eigenvalue weighted by molar-refractivity contribution is 0.0682. The van der Waals surface area contributed by atoms with Crippen LogP contribution in [0.5, 0.6) is 0 Å². The fourth-order valence-electron chi connectivity index (χ4n) is 2.28. The van der Waals surface area contributed by atoms with E-state index in [1.54, 1.807) is 0 Å². The number of amides is 1. The Bertz CT molecular complexity index is 441. The zero-order valence-corrected chi connectivity index (χ0v) is 15.9. The zero-order valence-electron chi connectivity index (χ0n) is 14.9. The molecule has 6 nitrogen and oxygen atoms in total. The summed E-state index contributed by atoms with van der Waals surface area (Å²) < 4.78 is 22.5. The van der Waals surface area contributed by atoms with Gasteiger partial charge in [0, 0.05) is 32.4 Å². The minimum Gasteiger partial charge on any atom is -0.450 e. The fraction of sp³-hybridized carbons (Fsp3) is 0.588. The molecule has 0 saturated heterocycles. The van der Waals surface area contributed by atoms with Crippen molar-refractivity contribution in [3.8, 4) is 0 Å². The van der Waals surface area contributed by atoms with Crippen LogP contribution < -0.4 is 5.32 Å². The molecule has 0 bridgehead atoms. The highest BCUT2D eigenvalue weighted by atomic mass is 28.4. The van der Waals surface area contributed by atoms with Gasteiger partial charge in [-0.1, -0.05) is 30.3 Å². The normalized spacial score (nSPS) is 11.3. The van der Waals surface area contributed by atoms with Crippen LogP contribution in [0.2, 0.25) is 6.04 Å². The van der Waals surface area contributed by atoms with E-state index < -0.39 is 14.9 Å². The minimum absolute atomic E-state index is 0.308. The molecule has 1 aromatic rings. The van der Waals surface area contributed by atoms with E-state index in [0.717, 1.165) is 5.56 Å². The molecule has 0 saturated carbocycles. The van der Waals surface area contributed by atoms with Crippen LogP contribution in [0.25, 0.3) is 0 Å². The van der Waals surface area contributed by atoms with Crippen molar-refractivity contribution in [2.24, 2.45) is 0 Å². The summed E-state index contributed by atoms with van der Waals surface area (Å²) in [5.74, 6) is 0. The van der Waals surface area contributed by atoms with Crippen molar-refractivity contribution in [2.75, 3.05) is 26.4 Å². The van der Waals surface area contributed by atoms with Crippen LogP contribution >= 0.6 is 0 Å². The van der Waals surface area contributed by atoms with Crippen LogP contribution in [0.3, 0.4) is 0 Å². The number of carbonyl (C=O) groups is 1. The van der Waals surface area contributed by atoms with Crippen molar-refractivity contribution >= 4 is 14.9 Å². The molecule has 136 valence electrons. The molecule has 0 aliphatic rings. The van der Waals surface area contributed by atoms with Crippen molar-refractivity contribution < 1.29 is 22.8 Å². The average molecular weight is 356 g/mol. The molecular weight excluding hydrogens is 326 g/mol. The second-order valence-corrected chi connectivity index (χ2v) is 7.79. The van der Waals surface area contributed by atoms with Gasteiger partial charge in [-0.25, -0.2) is 4.79 Å². The second kappa shape index (κ2) is 12.0. The summed E-state index contributed by atoms with van der Waals surface area (Å²) >= 11 is 0. The van der Waals surface area contributed by atoms with Crippen molar-refractivity contribution in [2.45, 2.75) is 39.8 Å². The zero-order chi connectivity index (χ0) is 17.7. The molecule has 0 unspecified atom stereocenters. The van der Waals surface area contributed by atoms with Gasteiger partial charge in [0.05, 0.1) is 6.61 Å². The van der Waals surface area contributed by atoms with Crippen LogP contribution in [0.15, 0.2) is 30.3 Å². The van der Waals surface area contributed by atoms with E-state index in [1.807, 2.05) is 51.1 Å². The summed E-state index contributed by atoms with van der Waals surface area (Å²) in [4.78, 5) is 11.7. The van der Waals surface area contributed by atoms with Gasteiger partial charge < -0.3 is 23.3 Å². The number of rotatable bonds is 12. The molecule has 0 atom stereocenters. The third-order valence-corrected chi connectivity index (χ3v) is 6.38. The molecule has 0 spiro atoms. The first-order chi connectivity index (χ1) is 11.7. The second-order valence-electron chi connectivity index (χ2n) is 5.06. The number of nitrogens with one attached hydrogen (secondary N) is 1. The SMILES string of the molecule is CCO[Si](CCCOC(=O)NCc1ccccc1)(OCC)OCC. The summed E-state index contributed by atoms with van der Waals surface area (Å²) in [6.45, 7) is 8.17. The predicted octanol–water partition coefficient (Wildman–Crippen LogP) is 3.35. The number of carbonyl (C=O) groups excluding carboxylic acids is 1. The van der Waals surface area contributed by atoms with Gasteiger partial charge in [-0.15, -0.1) is 0 Å². The van der Waals surface area contributed by atoms with Gasteiger partial charge in [-0.05, 0) is 32.8 Å².